The Bertz CT molecular complexity index is 1170. The molecular weight excluding hydrogens is 366 g/mol. The van der Waals surface area contributed by atoms with Gasteiger partial charge in [0.05, 0.1) is 5.71 Å². The molecule has 0 unspecified atom stereocenters. The highest BCUT2D eigenvalue weighted by molar-refractivity contribution is 6.09. The zero-order valence-corrected chi connectivity index (χ0v) is 16.4. The van der Waals surface area contributed by atoms with Crippen LogP contribution in [0.15, 0.2) is 56.8 Å². The molecule has 1 aliphatic carbocycles. The van der Waals surface area contributed by atoms with Crippen LogP contribution in [-0.4, -0.2) is 16.5 Å². The first-order valence-corrected chi connectivity index (χ1v) is 10.2. The number of aryl methyl sites for hydroxylation is 1. The van der Waals surface area contributed by atoms with E-state index in [4.69, 9.17) is 9.15 Å². The summed E-state index contributed by atoms with van der Waals surface area (Å²) in [4.78, 5) is 12.3. The van der Waals surface area contributed by atoms with E-state index in [1.54, 1.807) is 0 Å². The lowest BCUT2D eigenvalue weighted by Gasteiger charge is -2.42. The lowest BCUT2D eigenvalue weighted by atomic mass is 9.77. The van der Waals surface area contributed by atoms with Gasteiger partial charge in [0.2, 0.25) is 0 Å². The van der Waals surface area contributed by atoms with E-state index in [0.717, 1.165) is 53.3 Å². The van der Waals surface area contributed by atoms with Crippen molar-refractivity contribution in [3.63, 3.8) is 0 Å². The smallest absolute Gasteiger partial charge is 0.336 e. The third-order valence-corrected chi connectivity index (χ3v) is 6.30. The highest BCUT2D eigenvalue weighted by Gasteiger charge is 2.41. The van der Waals surface area contributed by atoms with Crippen molar-refractivity contribution in [1.29, 1.82) is 0 Å². The highest BCUT2D eigenvalue weighted by Crippen LogP contribution is 2.46. The molecule has 148 valence electrons. The van der Waals surface area contributed by atoms with Crippen LogP contribution in [0.1, 0.15) is 49.7 Å². The number of ether oxygens (including phenoxy) is 1. The molecule has 0 bridgehead atoms. The lowest BCUT2D eigenvalue weighted by Crippen LogP contribution is -2.44. The predicted octanol–water partition coefficient (Wildman–Crippen LogP) is 5.43. The monoisotopic (exact) mass is 389 g/mol. The number of rotatable bonds is 1. The number of fused-ring (bicyclic) bond motifs is 2. The molecule has 0 radical (unpaired) electrons. The molecule has 1 aliphatic heterocycles. The van der Waals surface area contributed by atoms with Gasteiger partial charge in [0.15, 0.2) is 0 Å². The van der Waals surface area contributed by atoms with Crippen LogP contribution in [0.25, 0.3) is 22.1 Å². The van der Waals surface area contributed by atoms with Crippen LogP contribution in [0, 0.1) is 6.92 Å². The molecule has 2 heterocycles. The van der Waals surface area contributed by atoms with E-state index in [-0.39, 0.29) is 5.60 Å². The first kappa shape index (κ1) is 18.0. The number of hydrogen-bond donors (Lipinski definition) is 1. The van der Waals surface area contributed by atoms with Gasteiger partial charge < -0.3 is 14.4 Å². The Morgan fingerprint density at radius 1 is 1.03 bits per heavy atom. The van der Waals surface area contributed by atoms with Gasteiger partial charge in [-0.1, -0.05) is 41.9 Å². The Kier molecular flexibility index (Phi) is 4.19. The van der Waals surface area contributed by atoms with Gasteiger partial charge in [-0.3, -0.25) is 0 Å². The third-order valence-electron chi connectivity index (χ3n) is 6.30. The number of benzene rings is 2. The Morgan fingerprint density at radius 3 is 2.52 bits per heavy atom. The highest BCUT2D eigenvalue weighted by atomic mass is 16.5. The first-order chi connectivity index (χ1) is 14.1. The summed E-state index contributed by atoms with van der Waals surface area (Å²) >= 11 is 0. The molecule has 2 aromatic carbocycles. The zero-order valence-electron chi connectivity index (χ0n) is 16.4. The lowest BCUT2D eigenvalue weighted by molar-refractivity contribution is 0.0307. The minimum atomic E-state index is -0.390. The van der Waals surface area contributed by atoms with Gasteiger partial charge in [-0.2, -0.15) is 0 Å². The average molecular weight is 389 g/mol. The van der Waals surface area contributed by atoms with Crippen molar-refractivity contribution in [3.8, 4) is 16.9 Å². The quantitative estimate of drug-likeness (QED) is 0.342. The molecule has 1 spiro atoms. The standard InChI is InChI=1S/C24H23NO4/c1-15-22-18(17(13-21(26)28-22)16-8-4-2-5-9-16)12-19-20(25-27)14-24(29-23(15)19)10-6-3-7-11-24/h2,4-5,8-9,12-13,27H,3,6-7,10-11,14H2,1H3. The molecule has 29 heavy (non-hydrogen) atoms. The molecular formula is C24H23NO4. The van der Waals surface area contributed by atoms with Crippen molar-refractivity contribution in [1.82, 2.24) is 0 Å². The van der Waals surface area contributed by atoms with Crippen LogP contribution in [0.4, 0.5) is 0 Å². The Hall–Kier alpha value is -3.08. The normalized spacial score (nSPS) is 19.3. The Morgan fingerprint density at radius 2 is 1.79 bits per heavy atom. The molecule has 5 rings (SSSR count). The second-order valence-electron chi connectivity index (χ2n) is 8.17. The van der Waals surface area contributed by atoms with E-state index in [0.29, 0.717) is 23.5 Å². The van der Waals surface area contributed by atoms with E-state index in [2.05, 4.69) is 5.16 Å². The van der Waals surface area contributed by atoms with Crippen molar-refractivity contribution >= 4 is 16.7 Å². The summed E-state index contributed by atoms with van der Waals surface area (Å²) in [5, 5.41) is 14.3. The molecule has 5 heteroatoms. The second-order valence-corrected chi connectivity index (χ2v) is 8.17. The van der Waals surface area contributed by atoms with Crippen LogP contribution in [0.2, 0.25) is 0 Å². The van der Waals surface area contributed by atoms with Crippen LogP contribution >= 0.6 is 0 Å². The fraction of sp³-hybridized carbons (Fsp3) is 0.333. The van der Waals surface area contributed by atoms with E-state index in [1.165, 1.54) is 12.5 Å². The summed E-state index contributed by atoms with van der Waals surface area (Å²) in [5.74, 6) is 0.673. The molecule has 1 N–H and O–H groups in total. The minimum absolute atomic E-state index is 0.331. The summed E-state index contributed by atoms with van der Waals surface area (Å²) in [7, 11) is 0. The van der Waals surface area contributed by atoms with Crippen LogP contribution in [0.5, 0.6) is 5.75 Å². The van der Waals surface area contributed by atoms with Crippen molar-refractivity contribution in [2.24, 2.45) is 5.16 Å². The van der Waals surface area contributed by atoms with Crippen molar-refractivity contribution in [3.05, 3.63) is 64.0 Å². The molecule has 1 fully saturated rings. The van der Waals surface area contributed by atoms with Crippen LogP contribution < -0.4 is 10.4 Å². The van der Waals surface area contributed by atoms with Gasteiger partial charge in [-0.05, 0) is 49.8 Å². The van der Waals surface area contributed by atoms with Crippen LogP contribution in [-0.2, 0) is 0 Å². The van der Waals surface area contributed by atoms with Gasteiger partial charge >= 0.3 is 5.63 Å². The van der Waals surface area contributed by atoms with Crippen molar-refractivity contribution in [2.45, 2.75) is 51.0 Å². The molecule has 0 amide bonds. The SMILES string of the molecule is Cc1c2c(cc3c(-c4ccccc4)cc(=O)oc13)C(=NO)CC1(CCCCC1)O2. The fourth-order valence-corrected chi connectivity index (χ4v) is 4.86. The summed E-state index contributed by atoms with van der Waals surface area (Å²) in [6.07, 6.45) is 5.89. The van der Waals surface area contributed by atoms with E-state index >= 15 is 0 Å². The minimum Gasteiger partial charge on any atom is -0.486 e. The van der Waals surface area contributed by atoms with Gasteiger partial charge in [0, 0.05) is 29.0 Å². The maximum Gasteiger partial charge on any atom is 0.336 e. The number of hydrogen-bond acceptors (Lipinski definition) is 5. The molecule has 1 aromatic heterocycles. The van der Waals surface area contributed by atoms with E-state index in [1.807, 2.05) is 43.3 Å². The molecule has 5 nitrogen and oxygen atoms in total. The maximum absolute atomic E-state index is 12.3. The van der Waals surface area contributed by atoms with Gasteiger partial charge in [-0.15, -0.1) is 0 Å². The molecule has 1 saturated carbocycles. The Balaban J connectivity index is 1.78. The summed E-state index contributed by atoms with van der Waals surface area (Å²) < 4.78 is 12.2. The number of nitrogens with zero attached hydrogens (tertiary/aromatic N) is 1. The number of oxime groups is 1. The molecule has 0 atom stereocenters. The molecule has 2 aliphatic rings. The van der Waals surface area contributed by atoms with E-state index in [9.17, 15) is 10.0 Å². The first-order valence-electron chi connectivity index (χ1n) is 10.2. The summed E-state index contributed by atoms with van der Waals surface area (Å²) in [6, 6.07) is 13.2. The van der Waals surface area contributed by atoms with Crippen LogP contribution in [0.3, 0.4) is 0 Å². The van der Waals surface area contributed by atoms with Crippen molar-refractivity contribution < 1.29 is 14.4 Å². The Labute approximate surface area is 168 Å². The average Bonchev–Trinajstić information content (AvgIpc) is 2.75. The summed E-state index contributed by atoms with van der Waals surface area (Å²) in [5.41, 5.74) is 3.74. The largest absolute Gasteiger partial charge is 0.486 e. The fourth-order valence-electron chi connectivity index (χ4n) is 4.86. The van der Waals surface area contributed by atoms with Gasteiger partial charge in [-0.25, -0.2) is 4.79 Å². The molecule has 0 saturated heterocycles. The zero-order chi connectivity index (χ0) is 20.0. The van der Waals surface area contributed by atoms with Crippen molar-refractivity contribution in [2.75, 3.05) is 0 Å². The predicted molar refractivity (Wildman–Crippen MR) is 112 cm³/mol. The second kappa shape index (κ2) is 6.76. The van der Waals surface area contributed by atoms with Gasteiger partial charge in [0.25, 0.3) is 0 Å². The van der Waals surface area contributed by atoms with E-state index < -0.39 is 5.63 Å². The topological polar surface area (TPSA) is 72.0 Å². The third kappa shape index (κ3) is 2.92. The maximum atomic E-state index is 12.3. The van der Waals surface area contributed by atoms with Gasteiger partial charge in [0.1, 0.15) is 16.9 Å². The summed E-state index contributed by atoms with van der Waals surface area (Å²) in [6.45, 7) is 1.91. The molecule has 3 aromatic rings.